The van der Waals surface area contributed by atoms with Crippen LogP contribution in [-0.2, 0) is 0 Å². The summed E-state index contributed by atoms with van der Waals surface area (Å²) in [5, 5.41) is 12.1. The average Bonchev–Trinajstić information content (AvgIpc) is 2.49. The number of rotatable bonds is 2. The van der Waals surface area contributed by atoms with Crippen molar-refractivity contribution in [3.63, 3.8) is 0 Å². The Labute approximate surface area is 122 Å². The molecule has 0 amide bonds. The molecular weight excluding hydrogens is 262 g/mol. The van der Waals surface area contributed by atoms with Crippen molar-refractivity contribution in [1.82, 2.24) is 4.73 Å². The Morgan fingerprint density at radius 3 is 2.62 bits per heavy atom. The molecule has 0 fully saturated rings. The first-order valence-electron chi connectivity index (χ1n) is 6.74. The van der Waals surface area contributed by atoms with Crippen molar-refractivity contribution in [1.29, 1.82) is 0 Å². The second kappa shape index (κ2) is 5.29. The van der Waals surface area contributed by atoms with Crippen LogP contribution >= 0.6 is 0 Å². The van der Waals surface area contributed by atoms with E-state index in [1.54, 1.807) is 12.1 Å². The van der Waals surface area contributed by atoms with Crippen LogP contribution in [0.2, 0.25) is 0 Å². The van der Waals surface area contributed by atoms with Crippen LogP contribution in [0.25, 0.3) is 22.9 Å². The van der Waals surface area contributed by atoms with Gasteiger partial charge in [0, 0.05) is 6.07 Å². The number of fused-ring (bicyclic) bond motifs is 1. The van der Waals surface area contributed by atoms with Crippen molar-refractivity contribution < 1.29 is 5.21 Å². The average molecular weight is 277 g/mol. The predicted molar refractivity (Wildman–Crippen MR) is 85.5 cm³/mol. The molecule has 0 bridgehead atoms. The van der Waals surface area contributed by atoms with Gasteiger partial charge in [-0.15, -0.1) is 4.73 Å². The zero-order chi connectivity index (χ0) is 14.8. The van der Waals surface area contributed by atoms with Crippen LogP contribution in [0.15, 0.2) is 59.4 Å². The molecule has 3 nitrogen and oxygen atoms in total. The fourth-order valence-electron chi connectivity index (χ4n) is 2.41. The molecule has 0 unspecified atom stereocenters. The molecule has 3 aromatic rings. The van der Waals surface area contributed by atoms with E-state index in [1.165, 1.54) is 6.07 Å². The third-order valence-corrected chi connectivity index (χ3v) is 3.44. The van der Waals surface area contributed by atoms with Crippen LogP contribution in [0.1, 0.15) is 16.8 Å². The number of nitrogens with zero attached hydrogens (tertiary/aromatic N) is 1. The van der Waals surface area contributed by atoms with Crippen molar-refractivity contribution in [3.05, 3.63) is 81.8 Å². The summed E-state index contributed by atoms with van der Waals surface area (Å²) in [7, 11) is 0. The molecule has 2 aromatic carbocycles. The lowest BCUT2D eigenvalue weighted by atomic mass is 10.0. The highest BCUT2D eigenvalue weighted by atomic mass is 16.5. The molecule has 3 rings (SSSR count). The van der Waals surface area contributed by atoms with Gasteiger partial charge in [0.15, 0.2) is 0 Å². The summed E-state index contributed by atoms with van der Waals surface area (Å²) in [4.78, 5) is 11.6. The highest BCUT2D eigenvalue weighted by molar-refractivity contribution is 5.92. The molecule has 104 valence electrons. The van der Waals surface area contributed by atoms with Gasteiger partial charge < -0.3 is 5.21 Å². The lowest BCUT2D eigenvalue weighted by Crippen LogP contribution is -2.18. The van der Waals surface area contributed by atoms with Gasteiger partial charge in [0.05, 0.1) is 5.69 Å². The summed E-state index contributed by atoms with van der Waals surface area (Å²) in [5.74, 6) is 0. The first kappa shape index (κ1) is 13.2. The summed E-state index contributed by atoms with van der Waals surface area (Å²) in [6.07, 6.45) is 3.65. The molecule has 21 heavy (non-hydrogen) atoms. The Morgan fingerprint density at radius 2 is 1.76 bits per heavy atom. The number of benzene rings is 2. The van der Waals surface area contributed by atoms with Crippen LogP contribution in [0.3, 0.4) is 0 Å². The van der Waals surface area contributed by atoms with E-state index in [9.17, 15) is 10.0 Å². The van der Waals surface area contributed by atoms with Crippen molar-refractivity contribution in [2.45, 2.75) is 6.92 Å². The third-order valence-electron chi connectivity index (χ3n) is 3.44. The Hall–Kier alpha value is -2.81. The first-order chi connectivity index (χ1) is 10.1. The molecule has 0 aliphatic rings. The standard InChI is InChI=1S/C18H15NO2/c1-13-11-16(19(21)18(20)12-13)10-9-15-7-4-6-14-5-2-3-8-17(14)15/h2-12,21H,1H3. The normalized spacial score (nSPS) is 11.3. The maximum atomic E-state index is 11.6. The first-order valence-corrected chi connectivity index (χ1v) is 6.74. The van der Waals surface area contributed by atoms with Gasteiger partial charge in [-0.25, -0.2) is 0 Å². The van der Waals surface area contributed by atoms with E-state index in [-0.39, 0.29) is 0 Å². The lowest BCUT2D eigenvalue weighted by molar-refractivity contribution is 0.172. The van der Waals surface area contributed by atoms with Gasteiger partial charge in [-0.1, -0.05) is 48.5 Å². The summed E-state index contributed by atoms with van der Waals surface area (Å²) in [5.41, 5.74) is 1.91. The van der Waals surface area contributed by atoms with Crippen LogP contribution < -0.4 is 5.56 Å². The lowest BCUT2D eigenvalue weighted by Gasteiger charge is -2.04. The molecule has 0 spiro atoms. The van der Waals surface area contributed by atoms with Gasteiger partial charge in [0.2, 0.25) is 0 Å². The van der Waals surface area contributed by atoms with E-state index < -0.39 is 5.56 Å². The molecule has 1 heterocycles. The molecule has 0 aliphatic carbocycles. The summed E-state index contributed by atoms with van der Waals surface area (Å²) in [6, 6.07) is 17.3. The van der Waals surface area contributed by atoms with Gasteiger partial charge in [0.1, 0.15) is 0 Å². The van der Waals surface area contributed by atoms with Crippen molar-refractivity contribution in [2.75, 3.05) is 0 Å². The molecule has 1 N–H and O–H groups in total. The number of hydrogen-bond donors (Lipinski definition) is 1. The topological polar surface area (TPSA) is 42.2 Å². The van der Waals surface area contributed by atoms with Crippen molar-refractivity contribution in [2.24, 2.45) is 0 Å². The van der Waals surface area contributed by atoms with E-state index in [4.69, 9.17) is 0 Å². The van der Waals surface area contributed by atoms with Gasteiger partial charge in [0.25, 0.3) is 5.56 Å². The van der Waals surface area contributed by atoms with Crippen molar-refractivity contribution in [3.8, 4) is 0 Å². The Morgan fingerprint density at radius 1 is 1.00 bits per heavy atom. The molecule has 0 saturated carbocycles. The number of aromatic nitrogens is 1. The minimum absolute atomic E-state index is 0.424. The van der Waals surface area contributed by atoms with Gasteiger partial charge in [-0.05, 0) is 41.0 Å². The highest BCUT2D eigenvalue weighted by Gasteiger charge is 2.01. The van der Waals surface area contributed by atoms with Crippen molar-refractivity contribution >= 4 is 22.9 Å². The van der Waals surface area contributed by atoms with E-state index in [2.05, 4.69) is 18.2 Å². The van der Waals surface area contributed by atoms with Crippen LogP contribution in [0.4, 0.5) is 0 Å². The van der Waals surface area contributed by atoms with Crippen LogP contribution in [-0.4, -0.2) is 9.94 Å². The molecule has 0 saturated heterocycles. The molecule has 0 aliphatic heterocycles. The predicted octanol–water partition coefficient (Wildman–Crippen LogP) is 3.72. The summed E-state index contributed by atoms with van der Waals surface area (Å²) >= 11 is 0. The SMILES string of the molecule is Cc1cc(C=Cc2cccc3ccccc23)n(O)c(=O)c1. The second-order valence-corrected chi connectivity index (χ2v) is 5.01. The summed E-state index contributed by atoms with van der Waals surface area (Å²) < 4.78 is 0.661. The van der Waals surface area contributed by atoms with E-state index >= 15 is 0 Å². The Kier molecular flexibility index (Phi) is 3.32. The maximum absolute atomic E-state index is 11.6. The van der Waals surface area contributed by atoms with Gasteiger partial charge in [-0.2, -0.15) is 0 Å². The fourth-order valence-corrected chi connectivity index (χ4v) is 2.41. The Balaban J connectivity index is 2.09. The minimum atomic E-state index is -0.424. The van der Waals surface area contributed by atoms with Crippen LogP contribution in [0.5, 0.6) is 0 Å². The second-order valence-electron chi connectivity index (χ2n) is 5.01. The maximum Gasteiger partial charge on any atom is 0.283 e. The third kappa shape index (κ3) is 2.58. The van der Waals surface area contributed by atoms with Crippen LogP contribution in [0, 0.1) is 6.92 Å². The quantitative estimate of drug-likeness (QED) is 0.725. The van der Waals surface area contributed by atoms with E-state index in [0.717, 1.165) is 21.9 Å². The molecule has 0 atom stereocenters. The zero-order valence-corrected chi connectivity index (χ0v) is 11.7. The Bertz CT molecular complexity index is 886. The number of pyridine rings is 1. The van der Waals surface area contributed by atoms with E-state index in [1.807, 2.05) is 37.3 Å². The van der Waals surface area contributed by atoms with E-state index in [0.29, 0.717) is 10.4 Å². The smallest absolute Gasteiger partial charge is 0.283 e. The van der Waals surface area contributed by atoms with Gasteiger partial charge in [-0.3, -0.25) is 4.79 Å². The number of aryl methyl sites for hydroxylation is 1. The number of hydrogen-bond acceptors (Lipinski definition) is 2. The molecule has 3 heteroatoms. The molecule has 1 aromatic heterocycles. The highest BCUT2D eigenvalue weighted by Crippen LogP contribution is 2.20. The molecular formula is C18H15NO2. The summed E-state index contributed by atoms with van der Waals surface area (Å²) in [6.45, 7) is 1.83. The largest absolute Gasteiger partial charge is 0.425 e. The fraction of sp³-hybridized carbons (Fsp3) is 0.0556. The minimum Gasteiger partial charge on any atom is -0.425 e. The molecule has 0 radical (unpaired) electrons. The zero-order valence-electron chi connectivity index (χ0n) is 11.7. The monoisotopic (exact) mass is 277 g/mol. The van der Waals surface area contributed by atoms with Gasteiger partial charge >= 0.3 is 0 Å².